The second-order valence-corrected chi connectivity index (χ2v) is 6.09. The third kappa shape index (κ3) is 6.88. The molecule has 2 rings (SSSR count). The highest BCUT2D eigenvalue weighted by Crippen LogP contribution is 2.32. The molecule has 1 aliphatic carbocycles. The van der Waals surface area contributed by atoms with E-state index in [0.717, 1.165) is 42.9 Å². The van der Waals surface area contributed by atoms with Crippen LogP contribution in [0.3, 0.4) is 0 Å². The number of nitrogens with one attached hydrogen (secondary N) is 2. The van der Waals surface area contributed by atoms with Gasteiger partial charge in [-0.05, 0) is 26.2 Å². The van der Waals surface area contributed by atoms with Crippen LogP contribution < -0.4 is 10.6 Å². The van der Waals surface area contributed by atoms with E-state index in [4.69, 9.17) is 0 Å². The van der Waals surface area contributed by atoms with Crippen molar-refractivity contribution in [2.75, 3.05) is 19.6 Å². The third-order valence-corrected chi connectivity index (χ3v) is 4.01. The summed E-state index contributed by atoms with van der Waals surface area (Å²) in [5, 5.41) is 9.94. The van der Waals surface area contributed by atoms with E-state index in [9.17, 15) is 0 Å². The van der Waals surface area contributed by atoms with E-state index in [-0.39, 0.29) is 24.0 Å². The molecule has 0 saturated heterocycles. The Hall–Kier alpha value is -0.370. The topological polar surface area (TPSA) is 49.3 Å². The van der Waals surface area contributed by atoms with Gasteiger partial charge in [0.15, 0.2) is 5.96 Å². The smallest absolute Gasteiger partial charge is 0.191 e. The Morgan fingerprint density at radius 3 is 2.85 bits per heavy atom. The quantitative estimate of drug-likeness (QED) is 0.414. The summed E-state index contributed by atoms with van der Waals surface area (Å²) in [7, 11) is 0. The van der Waals surface area contributed by atoms with Gasteiger partial charge in [0.2, 0.25) is 0 Å². The van der Waals surface area contributed by atoms with Gasteiger partial charge in [-0.1, -0.05) is 12.8 Å². The normalized spacial score (nSPS) is 14.8. The Morgan fingerprint density at radius 2 is 2.25 bits per heavy atom. The summed E-state index contributed by atoms with van der Waals surface area (Å²) in [6, 6.07) is 0. The van der Waals surface area contributed by atoms with Gasteiger partial charge in [-0.2, -0.15) is 0 Å². The number of aryl methyl sites for hydroxylation is 1. The lowest BCUT2D eigenvalue weighted by molar-refractivity contribution is 0.723. The largest absolute Gasteiger partial charge is 0.357 e. The van der Waals surface area contributed by atoms with Crippen LogP contribution in [0.2, 0.25) is 0 Å². The fraction of sp³-hybridized carbons (Fsp3) is 0.714. The van der Waals surface area contributed by atoms with E-state index in [1.165, 1.54) is 25.0 Å². The molecule has 0 radical (unpaired) electrons. The number of guanidine groups is 1. The molecule has 4 nitrogen and oxygen atoms in total. The molecule has 1 aliphatic rings. The van der Waals surface area contributed by atoms with Gasteiger partial charge < -0.3 is 10.6 Å². The van der Waals surface area contributed by atoms with Crippen molar-refractivity contribution in [1.29, 1.82) is 0 Å². The third-order valence-electron chi connectivity index (χ3n) is 3.19. The Morgan fingerprint density at radius 1 is 1.45 bits per heavy atom. The molecule has 0 aromatic carbocycles. The fourth-order valence-corrected chi connectivity index (χ4v) is 2.59. The molecule has 1 saturated carbocycles. The average Bonchev–Trinajstić information content (AvgIpc) is 3.12. The van der Waals surface area contributed by atoms with Gasteiger partial charge >= 0.3 is 0 Å². The van der Waals surface area contributed by atoms with Gasteiger partial charge in [0.05, 0.1) is 10.7 Å². The van der Waals surface area contributed by atoms with E-state index in [0.29, 0.717) is 0 Å². The lowest BCUT2D eigenvalue weighted by Gasteiger charge is -2.10. The van der Waals surface area contributed by atoms with Crippen LogP contribution in [0.4, 0.5) is 0 Å². The molecule has 1 fully saturated rings. The summed E-state index contributed by atoms with van der Waals surface area (Å²) in [4.78, 5) is 9.07. The Kier molecular flexibility index (Phi) is 8.44. The highest BCUT2D eigenvalue weighted by molar-refractivity contribution is 14.0. The second kappa shape index (κ2) is 9.55. The molecule has 1 heterocycles. The first-order valence-electron chi connectivity index (χ1n) is 7.21. The van der Waals surface area contributed by atoms with E-state index in [1.54, 1.807) is 11.3 Å². The maximum Gasteiger partial charge on any atom is 0.191 e. The molecule has 0 unspecified atom stereocenters. The molecule has 20 heavy (non-hydrogen) atoms. The lowest BCUT2D eigenvalue weighted by atomic mass is 10.3. The maximum absolute atomic E-state index is 4.61. The van der Waals surface area contributed by atoms with Crippen molar-refractivity contribution in [1.82, 2.24) is 15.6 Å². The van der Waals surface area contributed by atoms with Crippen molar-refractivity contribution in [3.63, 3.8) is 0 Å². The number of aliphatic imine (C=N–C) groups is 1. The van der Waals surface area contributed by atoms with Crippen LogP contribution in [0, 0.1) is 12.8 Å². The van der Waals surface area contributed by atoms with E-state index < -0.39 is 0 Å². The molecule has 2 N–H and O–H groups in total. The number of hydrogen-bond acceptors (Lipinski definition) is 3. The fourth-order valence-electron chi connectivity index (χ4n) is 1.94. The predicted molar refractivity (Wildman–Crippen MR) is 97.3 cm³/mol. The van der Waals surface area contributed by atoms with E-state index >= 15 is 0 Å². The minimum atomic E-state index is 0. The average molecular weight is 408 g/mol. The van der Waals surface area contributed by atoms with Gasteiger partial charge in [0.1, 0.15) is 0 Å². The summed E-state index contributed by atoms with van der Waals surface area (Å²) < 4.78 is 0. The molecule has 114 valence electrons. The van der Waals surface area contributed by atoms with Crippen LogP contribution in [0.1, 0.15) is 36.9 Å². The van der Waals surface area contributed by atoms with Crippen LogP contribution in [0.25, 0.3) is 0 Å². The Labute approximate surface area is 142 Å². The summed E-state index contributed by atoms with van der Waals surface area (Å²) in [6.07, 6.45) is 5.00. The van der Waals surface area contributed by atoms with Crippen molar-refractivity contribution in [2.45, 2.75) is 39.5 Å². The summed E-state index contributed by atoms with van der Waals surface area (Å²) in [5.41, 5.74) is 1.17. The number of rotatable bonds is 7. The van der Waals surface area contributed by atoms with Gasteiger partial charge in [-0.15, -0.1) is 35.3 Å². The summed E-state index contributed by atoms with van der Waals surface area (Å²) in [5.74, 6) is 1.89. The number of aromatic nitrogens is 1. The van der Waals surface area contributed by atoms with Crippen LogP contribution in [0.15, 0.2) is 10.4 Å². The monoisotopic (exact) mass is 408 g/mol. The second-order valence-electron chi connectivity index (χ2n) is 5.03. The molecule has 6 heteroatoms. The molecule has 0 spiro atoms. The molecular weight excluding hydrogens is 383 g/mol. The SMILES string of the molecule is CCNC(=NCCC1CC1)NCCc1csc(C)n1.I. The molecule has 0 bridgehead atoms. The lowest BCUT2D eigenvalue weighted by Crippen LogP contribution is -2.38. The van der Waals surface area contributed by atoms with Crippen LogP contribution in [-0.4, -0.2) is 30.6 Å². The van der Waals surface area contributed by atoms with Crippen molar-refractivity contribution in [3.8, 4) is 0 Å². The van der Waals surface area contributed by atoms with Gasteiger partial charge in [0.25, 0.3) is 0 Å². The highest BCUT2D eigenvalue weighted by atomic mass is 127. The number of halogens is 1. The minimum Gasteiger partial charge on any atom is -0.357 e. The molecule has 0 amide bonds. The van der Waals surface area contributed by atoms with Crippen LogP contribution in [-0.2, 0) is 6.42 Å². The van der Waals surface area contributed by atoms with E-state index in [1.807, 2.05) is 6.92 Å². The van der Waals surface area contributed by atoms with Gasteiger partial charge in [0, 0.05) is 31.4 Å². The van der Waals surface area contributed by atoms with Crippen LogP contribution >= 0.6 is 35.3 Å². The van der Waals surface area contributed by atoms with Crippen molar-refractivity contribution in [2.24, 2.45) is 10.9 Å². The Bertz CT molecular complexity index is 415. The predicted octanol–water partition coefficient (Wildman–Crippen LogP) is 2.97. The van der Waals surface area contributed by atoms with E-state index in [2.05, 4.69) is 32.9 Å². The van der Waals surface area contributed by atoms with Gasteiger partial charge in [-0.3, -0.25) is 4.99 Å². The zero-order valence-corrected chi connectivity index (χ0v) is 15.5. The number of hydrogen-bond donors (Lipinski definition) is 2. The molecule has 0 aliphatic heterocycles. The first-order valence-corrected chi connectivity index (χ1v) is 8.09. The summed E-state index contributed by atoms with van der Waals surface area (Å²) in [6.45, 7) is 6.88. The van der Waals surface area contributed by atoms with Gasteiger partial charge in [-0.25, -0.2) is 4.98 Å². The van der Waals surface area contributed by atoms with Crippen molar-refractivity contribution in [3.05, 3.63) is 16.1 Å². The molecule has 1 aromatic heterocycles. The summed E-state index contributed by atoms with van der Waals surface area (Å²) >= 11 is 1.71. The first-order chi connectivity index (χ1) is 9.28. The standard InChI is InChI=1S/C14H24N4S.HI/c1-3-15-14(16-8-6-12-4-5-12)17-9-7-13-10-19-11(2)18-13;/h10,12H,3-9H2,1-2H3,(H2,15,16,17);1H. The maximum atomic E-state index is 4.61. The minimum absolute atomic E-state index is 0. The molecule has 1 aromatic rings. The molecule has 0 atom stereocenters. The van der Waals surface area contributed by atoms with Crippen LogP contribution in [0.5, 0.6) is 0 Å². The number of nitrogens with zero attached hydrogens (tertiary/aromatic N) is 2. The first kappa shape index (κ1) is 17.7. The Balaban J connectivity index is 0.00000200. The zero-order chi connectivity index (χ0) is 13.5. The molecular formula is C14H25IN4S. The zero-order valence-electron chi connectivity index (χ0n) is 12.3. The number of thiazole rings is 1. The van der Waals surface area contributed by atoms with Crippen molar-refractivity contribution >= 4 is 41.3 Å². The van der Waals surface area contributed by atoms with Crippen molar-refractivity contribution < 1.29 is 0 Å². The highest BCUT2D eigenvalue weighted by Gasteiger charge is 2.20.